The molecule has 0 aliphatic carbocycles. The van der Waals surface area contributed by atoms with Gasteiger partial charge in [0.05, 0.1) is 6.04 Å². The minimum absolute atomic E-state index is 0.0199. The van der Waals surface area contributed by atoms with Crippen molar-refractivity contribution in [3.8, 4) is 0 Å². The van der Waals surface area contributed by atoms with Crippen LogP contribution in [-0.2, 0) is 4.79 Å². The Labute approximate surface area is 168 Å². The van der Waals surface area contributed by atoms with Crippen LogP contribution in [0.1, 0.15) is 39.7 Å². The summed E-state index contributed by atoms with van der Waals surface area (Å²) < 4.78 is 0. The van der Waals surface area contributed by atoms with Crippen molar-refractivity contribution in [3.05, 3.63) is 57.8 Å². The SMILES string of the molecule is CSCC[C@H](NC(=O)c1cccc(C)c1)C(=O)N[C@@H](CCO)c1cccs1. The maximum absolute atomic E-state index is 12.9. The van der Waals surface area contributed by atoms with Gasteiger partial charge in [-0.2, -0.15) is 11.8 Å². The summed E-state index contributed by atoms with van der Waals surface area (Å²) in [5.41, 5.74) is 1.54. The number of hydrogen-bond donors (Lipinski definition) is 3. The van der Waals surface area contributed by atoms with Crippen LogP contribution in [-0.4, -0.2) is 41.6 Å². The number of thioether (sulfide) groups is 1. The van der Waals surface area contributed by atoms with E-state index >= 15 is 0 Å². The van der Waals surface area contributed by atoms with Crippen LogP contribution < -0.4 is 10.6 Å². The molecule has 0 bridgehead atoms. The Morgan fingerprint density at radius 3 is 2.63 bits per heavy atom. The number of aliphatic hydroxyl groups is 1. The average Bonchev–Trinajstić information content (AvgIpc) is 3.19. The highest BCUT2D eigenvalue weighted by Crippen LogP contribution is 2.22. The first-order valence-electron chi connectivity index (χ1n) is 8.86. The van der Waals surface area contributed by atoms with Gasteiger partial charge in [-0.25, -0.2) is 0 Å². The molecule has 1 heterocycles. The largest absolute Gasteiger partial charge is 0.396 e. The van der Waals surface area contributed by atoms with E-state index in [2.05, 4.69) is 10.6 Å². The highest BCUT2D eigenvalue weighted by atomic mass is 32.2. The first-order valence-corrected chi connectivity index (χ1v) is 11.1. The Bertz CT molecular complexity index is 735. The van der Waals surface area contributed by atoms with Gasteiger partial charge in [0.1, 0.15) is 6.04 Å². The number of carbonyl (C=O) groups excluding carboxylic acids is 2. The third kappa shape index (κ3) is 6.68. The molecule has 146 valence electrons. The van der Waals surface area contributed by atoms with E-state index in [-0.39, 0.29) is 24.5 Å². The van der Waals surface area contributed by atoms with Crippen LogP contribution in [0, 0.1) is 6.92 Å². The molecule has 0 aliphatic heterocycles. The maximum Gasteiger partial charge on any atom is 0.251 e. The Balaban J connectivity index is 2.09. The molecule has 5 nitrogen and oxygen atoms in total. The van der Waals surface area contributed by atoms with Crippen molar-refractivity contribution in [3.63, 3.8) is 0 Å². The smallest absolute Gasteiger partial charge is 0.251 e. The van der Waals surface area contributed by atoms with Gasteiger partial charge in [-0.3, -0.25) is 9.59 Å². The molecular weight excluding hydrogens is 380 g/mol. The average molecular weight is 407 g/mol. The number of nitrogens with one attached hydrogen (secondary N) is 2. The molecule has 2 atom stereocenters. The molecule has 3 N–H and O–H groups in total. The second kappa shape index (κ2) is 11.1. The van der Waals surface area contributed by atoms with Crippen LogP contribution in [0.3, 0.4) is 0 Å². The lowest BCUT2D eigenvalue weighted by Gasteiger charge is -2.22. The van der Waals surface area contributed by atoms with Gasteiger partial charge >= 0.3 is 0 Å². The minimum atomic E-state index is -0.619. The molecule has 1 aromatic carbocycles. The predicted molar refractivity (Wildman–Crippen MR) is 112 cm³/mol. The molecule has 0 saturated carbocycles. The third-order valence-electron chi connectivity index (χ3n) is 4.13. The van der Waals surface area contributed by atoms with Gasteiger partial charge < -0.3 is 15.7 Å². The second-order valence-corrected chi connectivity index (χ2v) is 8.23. The fourth-order valence-corrected chi connectivity index (χ4v) is 3.99. The number of hydrogen-bond acceptors (Lipinski definition) is 5. The van der Waals surface area contributed by atoms with Crippen LogP contribution in [0.15, 0.2) is 41.8 Å². The van der Waals surface area contributed by atoms with Gasteiger partial charge in [-0.1, -0.05) is 23.8 Å². The van der Waals surface area contributed by atoms with E-state index in [9.17, 15) is 14.7 Å². The molecule has 0 aliphatic rings. The topological polar surface area (TPSA) is 78.4 Å². The lowest BCUT2D eigenvalue weighted by Crippen LogP contribution is -2.48. The molecular formula is C20H26N2O3S2. The van der Waals surface area contributed by atoms with Gasteiger partial charge in [0.25, 0.3) is 5.91 Å². The van der Waals surface area contributed by atoms with Gasteiger partial charge in [0, 0.05) is 17.0 Å². The van der Waals surface area contributed by atoms with E-state index < -0.39 is 6.04 Å². The van der Waals surface area contributed by atoms with Crippen LogP contribution >= 0.6 is 23.1 Å². The zero-order chi connectivity index (χ0) is 19.6. The first kappa shape index (κ1) is 21.5. The lowest BCUT2D eigenvalue weighted by molar-refractivity contribution is -0.123. The first-order chi connectivity index (χ1) is 13.0. The van der Waals surface area contributed by atoms with Crippen LogP contribution in [0.2, 0.25) is 0 Å². The zero-order valence-corrected chi connectivity index (χ0v) is 17.2. The van der Waals surface area contributed by atoms with Crippen molar-refractivity contribution >= 4 is 34.9 Å². The van der Waals surface area contributed by atoms with Crippen LogP contribution in [0.25, 0.3) is 0 Å². The Morgan fingerprint density at radius 1 is 1.19 bits per heavy atom. The zero-order valence-electron chi connectivity index (χ0n) is 15.6. The summed E-state index contributed by atoms with van der Waals surface area (Å²) in [6.07, 6.45) is 2.95. The van der Waals surface area contributed by atoms with Crippen molar-refractivity contribution in [1.82, 2.24) is 10.6 Å². The third-order valence-corrected chi connectivity index (χ3v) is 5.76. The molecule has 0 radical (unpaired) electrons. The number of benzene rings is 1. The summed E-state index contributed by atoms with van der Waals surface area (Å²) >= 11 is 3.17. The highest BCUT2D eigenvalue weighted by Gasteiger charge is 2.24. The number of aliphatic hydroxyl groups excluding tert-OH is 1. The second-order valence-electron chi connectivity index (χ2n) is 6.27. The molecule has 7 heteroatoms. The summed E-state index contributed by atoms with van der Waals surface area (Å²) in [6, 6.07) is 10.3. The van der Waals surface area contributed by atoms with Gasteiger partial charge in [-0.05, 0) is 55.4 Å². The lowest BCUT2D eigenvalue weighted by atomic mass is 10.1. The molecule has 27 heavy (non-hydrogen) atoms. The van der Waals surface area contributed by atoms with E-state index in [1.807, 2.05) is 42.8 Å². The van der Waals surface area contributed by atoms with E-state index in [0.717, 1.165) is 16.2 Å². The summed E-state index contributed by atoms with van der Waals surface area (Å²) in [7, 11) is 0. The number of carbonyl (C=O) groups is 2. The normalized spacial score (nSPS) is 13.0. The fourth-order valence-electron chi connectivity index (χ4n) is 2.71. The highest BCUT2D eigenvalue weighted by molar-refractivity contribution is 7.98. The van der Waals surface area contributed by atoms with Crippen molar-refractivity contribution in [2.75, 3.05) is 18.6 Å². The van der Waals surface area contributed by atoms with Crippen LogP contribution in [0.5, 0.6) is 0 Å². The molecule has 0 fully saturated rings. The maximum atomic E-state index is 12.9. The standard InChI is InChI=1S/C20H26N2O3S2/c1-14-5-3-6-15(13-14)19(24)22-17(9-12-26-2)20(25)21-16(8-10-23)18-7-4-11-27-18/h3-7,11,13,16-17,23H,8-10,12H2,1-2H3,(H,21,25)(H,22,24)/t16-,17-/m0/s1. The van der Waals surface area contributed by atoms with E-state index in [1.54, 1.807) is 23.9 Å². The monoisotopic (exact) mass is 406 g/mol. The van der Waals surface area contributed by atoms with Crippen molar-refractivity contribution < 1.29 is 14.7 Å². The molecule has 2 amide bonds. The van der Waals surface area contributed by atoms with Crippen molar-refractivity contribution in [2.45, 2.75) is 31.8 Å². The fraction of sp³-hybridized carbons (Fsp3) is 0.400. The number of amides is 2. The number of aryl methyl sites for hydroxylation is 1. The van der Waals surface area contributed by atoms with Crippen molar-refractivity contribution in [2.24, 2.45) is 0 Å². The molecule has 0 saturated heterocycles. The number of thiophene rings is 1. The van der Waals surface area contributed by atoms with Gasteiger partial charge in [0.15, 0.2) is 0 Å². The Kier molecular flexibility index (Phi) is 8.84. The molecule has 0 unspecified atom stereocenters. The summed E-state index contributed by atoms with van der Waals surface area (Å²) in [6.45, 7) is 1.91. The summed E-state index contributed by atoms with van der Waals surface area (Å²) in [5.74, 6) is 0.280. The van der Waals surface area contributed by atoms with Gasteiger partial charge in [-0.15, -0.1) is 11.3 Å². The number of rotatable bonds is 10. The predicted octanol–water partition coefficient (Wildman–Crippen LogP) is 3.15. The van der Waals surface area contributed by atoms with Crippen molar-refractivity contribution in [1.29, 1.82) is 0 Å². The van der Waals surface area contributed by atoms with E-state index in [1.165, 1.54) is 11.3 Å². The summed E-state index contributed by atoms with van der Waals surface area (Å²) in [4.78, 5) is 26.4. The van der Waals surface area contributed by atoms with E-state index in [0.29, 0.717) is 18.4 Å². The molecule has 2 rings (SSSR count). The summed E-state index contributed by atoms with van der Waals surface area (Å²) in [5, 5.41) is 17.1. The van der Waals surface area contributed by atoms with Gasteiger partial charge in [0.2, 0.25) is 5.91 Å². The van der Waals surface area contributed by atoms with E-state index in [4.69, 9.17) is 0 Å². The quantitative estimate of drug-likeness (QED) is 0.566. The van der Waals surface area contributed by atoms with Crippen LogP contribution in [0.4, 0.5) is 0 Å². The molecule has 0 spiro atoms. The minimum Gasteiger partial charge on any atom is -0.396 e. The molecule has 2 aromatic rings. The Hall–Kier alpha value is -1.83. The Morgan fingerprint density at radius 2 is 2.00 bits per heavy atom. The molecule has 1 aromatic heterocycles.